The number of thiophene rings is 1. The Hall–Kier alpha value is -2.65. The molecule has 2 unspecified atom stereocenters. The van der Waals surface area contributed by atoms with Crippen LogP contribution in [0.1, 0.15) is 98.8 Å². The lowest BCUT2D eigenvalue weighted by Crippen LogP contribution is -2.59. The van der Waals surface area contributed by atoms with Gasteiger partial charge < -0.3 is 20.4 Å². The van der Waals surface area contributed by atoms with Gasteiger partial charge in [-0.05, 0) is 75.4 Å². The van der Waals surface area contributed by atoms with Crippen molar-refractivity contribution in [1.29, 1.82) is 0 Å². The van der Waals surface area contributed by atoms with Crippen molar-refractivity contribution < 1.29 is 14.4 Å². The number of likely N-dealkylation sites (N-methyl/N-ethyl adjacent to an activating group) is 1. The fraction of sp³-hybridized carbons (Fsp3) is 0.686. The Bertz CT molecular complexity index is 1030. The number of likely N-dealkylation sites (tertiary alicyclic amines) is 2. The number of nitrogens with zero attached hydrogens (tertiary/aromatic N) is 3. The van der Waals surface area contributed by atoms with Gasteiger partial charge in [0.05, 0.1) is 12.6 Å². The van der Waals surface area contributed by atoms with Crippen LogP contribution in [-0.2, 0) is 20.9 Å². The fourth-order valence-electron chi connectivity index (χ4n) is 5.23. The summed E-state index contributed by atoms with van der Waals surface area (Å²) in [5, 5.41) is 7.70. The molecular formula is C35H61N5O3S. The Morgan fingerprint density at radius 3 is 2.27 bits per heavy atom. The first-order chi connectivity index (χ1) is 20.8. The predicted molar refractivity (Wildman–Crippen MR) is 185 cm³/mol. The molecule has 3 rings (SSSR count). The Morgan fingerprint density at radius 2 is 1.75 bits per heavy atom. The van der Waals surface area contributed by atoms with Gasteiger partial charge in [-0.3, -0.25) is 19.3 Å². The van der Waals surface area contributed by atoms with Crippen molar-refractivity contribution in [3.63, 3.8) is 0 Å². The summed E-state index contributed by atoms with van der Waals surface area (Å²) < 4.78 is 0. The van der Waals surface area contributed by atoms with E-state index in [1.54, 1.807) is 16.2 Å². The van der Waals surface area contributed by atoms with E-state index in [0.29, 0.717) is 25.5 Å². The van der Waals surface area contributed by atoms with E-state index in [0.717, 1.165) is 50.2 Å². The van der Waals surface area contributed by atoms with Crippen LogP contribution in [0.5, 0.6) is 0 Å². The SMILES string of the molecule is C=C(/C(C)=C/CN(C)C(=O)C(NC(=O)C1CCCCN1C(C)C)C(C)(C)C)N1CCCC1.CCC.O=CNCc1cccs1. The second-order valence-electron chi connectivity index (χ2n) is 13.2. The summed E-state index contributed by atoms with van der Waals surface area (Å²) in [5.74, 6) is -0.0669. The third kappa shape index (κ3) is 13.6. The molecule has 2 aliphatic heterocycles. The maximum atomic E-state index is 13.4. The van der Waals surface area contributed by atoms with Crippen LogP contribution < -0.4 is 10.6 Å². The van der Waals surface area contributed by atoms with Gasteiger partial charge in [-0.25, -0.2) is 0 Å². The maximum Gasteiger partial charge on any atom is 0.245 e. The molecule has 0 aliphatic carbocycles. The summed E-state index contributed by atoms with van der Waals surface area (Å²) in [6.07, 6.45) is 9.49. The van der Waals surface area contributed by atoms with Crippen LogP contribution in [-0.4, -0.2) is 84.3 Å². The van der Waals surface area contributed by atoms with Crippen LogP contribution in [0.15, 0.2) is 41.4 Å². The van der Waals surface area contributed by atoms with Crippen molar-refractivity contribution in [3.05, 3.63) is 46.3 Å². The van der Waals surface area contributed by atoms with E-state index in [-0.39, 0.29) is 23.3 Å². The molecule has 1 aromatic heterocycles. The highest BCUT2D eigenvalue weighted by Crippen LogP contribution is 2.24. The Morgan fingerprint density at radius 1 is 1.14 bits per heavy atom. The summed E-state index contributed by atoms with van der Waals surface area (Å²) in [5.41, 5.74) is 1.78. The van der Waals surface area contributed by atoms with Gasteiger partial charge in [-0.2, -0.15) is 0 Å². The minimum absolute atomic E-state index is 0.0193. The van der Waals surface area contributed by atoms with E-state index < -0.39 is 6.04 Å². The third-order valence-corrected chi connectivity index (χ3v) is 8.72. The molecule has 9 heteroatoms. The molecule has 0 spiro atoms. The molecule has 1 aromatic rings. The quantitative estimate of drug-likeness (QED) is 0.224. The summed E-state index contributed by atoms with van der Waals surface area (Å²) >= 11 is 1.64. The van der Waals surface area contributed by atoms with Crippen molar-refractivity contribution in [1.82, 2.24) is 25.3 Å². The van der Waals surface area contributed by atoms with Gasteiger partial charge in [0.1, 0.15) is 6.04 Å². The fourth-order valence-corrected chi connectivity index (χ4v) is 5.89. The van der Waals surface area contributed by atoms with Crippen molar-refractivity contribution in [2.45, 2.75) is 119 Å². The van der Waals surface area contributed by atoms with E-state index in [4.69, 9.17) is 0 Å². The molecule has 3 amide bonds. The Balaban J connectivity index is 0.000000672. The molecule has 0 aromatic carbocycles. The molecule has 0 saturated carbocycles. The molecule has 2 fully saturated rings. The van der Waals surface area contributed by atoms with Gasteiger partial charge in [0, 0.05) is 43.3 Å². The van der Waals surface area contributed by atoms with Crippen LogP contribution >= 0.6 is 11.3 Å². The molecule has 2 N–H and O–H groups in total. The number of nitrogens with one attached hydrogen (secondary N) is 2. The van der Waals surface area contributed by atoms with Crippen molar-refractivity contribution in [3.8, 4) is 0 Å². The molecule has 44 heavy (non-hydrogen) atoms. The molecule has 0 radical (unpaired) electrons. The van der Waals surface area contributed by atoms with E-state index >= 15 is 0 Å². The number of piperidine rings is 1. The number of amides is 3. The summed E-state index contributed by atoms with van der Waals surface area (Å²) in [6.45, 7) is 25.1. The number of hydrogen-bond donors (Lipinski definition) is 2. The van der Waals surface area contributed by atoms with E-state index in [9.17, 15) is 14.4 Å². The standard InChI is InChI=1S/C26H46N4O2.C6H7NOS.C3H8/c1-19(2)30-17-10-9-13-22(30)24(31)27-23(26(5,6)7)25(32)28(8)18-14-20(3)21(4)29-15-11-12-16-29;8-5-7-4-6-2-1-3-9-6;1-3-2/h14,19,22-23H,4,9-13,15-18H2,1-3,5-8H3,(H,27,31);1-3,5H,4H2,(H,7,8);3H2,1-2H3/b20-14+;;. The monoisotopic (exact) mass is 631 g/mol. The van der Waals surface area contributed by atoms with E-state index in [1.807, 2.05) is 45.3 Å². The van der Waals surface area contributed by atoms with Gasteiger partial charge in [0.2, 0.25) is 18.2 Å². The van der Waals surface area contributed by atoms with E-state index in [1.165, 1.54) is 24.1 Å². The van der Waals surface area contributed by atoms with Crippen LogP contribution in [0.25, 0.3) is 0 Å². The molecule has 250 valence electrons. The second-order valence-corrected chi connectivity index (χ2v) is 14.2. The average molecular weight is 632 g/mol. The number of allylic oxidation sites excluding steroid dienone is 1. The highest BCUT2D eigenvalue weighted by molar-refractivity contribution is 7.09. The van der Waals surface area contributed by atoms with Gasteiger partial charge in [0.25, 0.3) is 0 Å². The first kappa shape index (κ1) is 39.4. The number of carbonyl (C=O) groups is 3. The Kier molecular flexibility index (Phi) is 18.2. The molecule has 0 bridgehead atoms. The van der Waals surface area contributed by atoms with Crippen LogP contribution in [0.4, 0.5) is 0 Å². The lowest BCUT2D eigenvalue weighted by atomic mass is 9.85. The number of hydrogen-bond acceptors (Lipinski definition) is 6. The van der Waals surface area contributed by atoms with Crippen LogP contribution in [0.3, 0.4) is 0 Å². The first-order valence-corrected chi connectivity index (χ1v) is 17.3. The van der Waals surface area contributed by atoms with Gasteiger partial charge in [-0.15, -0.1) is 11.3 Å². The molecule has 2 aliphatic rings. The molecule has 2 atom stereocenters. The minimum atomic E-state index is -0.563. The highest BCUT2D eigenvalue weighted by Gasteiger charge is 2.38. The van der Waals surface area contributed by atoms with Crippen LogP contribution in [0, 0.1) is 5.41 Å². The largest absolute Gasteiger partial charge is 0.372 e. The van der Waals surface area contributed by atoms with Crippen molar-refractivity contribution in [2.75, 3.05) is 33.2 Å². The minimum Gasteiger partial charge on any atom is -0.372 e. The van der Waals surface area contributed by atoms with Gasteiger partial charge in [-0.1, -0.05) is 66.2 Å². The van der Waals surface area contributed by atoms with Crippen LogP contribution in [0.2, 0.25) is 0 Å². The second kappa shape index (κ2) is 20.4. The zero-order chi connectivity index (χ0) is 33.3. The molecule has 8 nitrogen and oxygen atoms in total. The molecule has 2 saturated heterocycles. The number of carbonyl (C=O) groups excluding carboxylic acids is 3. The smallest absolute Gasteiger partial charge is 0.245 e. The topological polar surface area (TPSA) is 85.0 Å². The van der Waals surface area contributed by atoms with Crippen molar-refractivity contribution in [2.24, 2.45) is 5.41 Å². The third-order valence-electron chi connectivity index (χ3n) is 7.84. The maximum absolute atomic E-state index is 13.4. The summed E-state index contributed by atoms with van der Waals surface area (Å²) in [6, 6.07) is 3.55. The lowest BCUT2D eigenvalue weighted by Gasteiger charge is -2.40. The number of rotatable bonds is 11. The molecular weight excluding hydrogens is 570 g/mol. The molecule has 3 heterocycles. The zero-order valence-electron chi connectivity index (χ0n) is 29.1. The highest BCUT2D eigenvalue weighted by atomic mass is 32.1. The lowest BCUT2D eigenvalue weighted by molar-refractivity contribution is -0.140. The zero-order valence-corrected chi connectivity index (χ0v) is 29.9. The van der Waals surface area contributed by atoms with E-state index in [2.05, 4.69) is 67.7 Å². The normalized spacial score (nSPS) is 17.9. The predicted octanol–water partition coefficient (Wildman–Crippen LogP) is 6.20. The Labute approximate surface area is 272 Å². The van der Waals surface area contributed by atoms with Crippen molar-refractivity contribution >= 4 is 29.6 Å². The first-order valence-electron chi connectivity index (χ1n) is 16.4. The van der Waals surface area contributed by atoms with Gasteiger partial charge in [0.15, 0.2) is 0 Å². The summed E-state index contributed by atoms with van der Waals surface area (Å²) in [4.78, 5) is 43.9. The van der Waals surface area contributed by atoms with Gasteiger partial charge >= 0.3 is 0 Å². The summed E-state index contributed by atoms with van der Waals surface area (Å²) in [7, 11) is 1.82. The average Bonchev–Trinajstić information content (AvgIpc) is 3.72.